The number of hydrogen-bond acceptors (Lipinski definition) is 5. The van der Waals surface area contributed by atoms with Crippen molar-refractivity contribution in [1.29, 1.82) is 0 Å². The van der Waals surface area contributed by atoms with E-state index in [9.17, 15) is 14.4 Å². The highest BCUT2D eigenvalue weighted by atomic mass is 16.5. The molecule has 8 nitrogen and oxygen atoms in total. The Hall–Kier alpha value is -3.55. The van der Waals surface area contributed by atoms with E-state index in [1.54, 1.807) is 49.5 Å². The summed E-state index contributed by atoms with van der Waals surface area (Å²) in [5.74, 6) is 0.0511. The summed E-state index contributed by atoms with van der Waals surface area (Å²) in [6, 6.07) is 11.7. The number of rotatable bonds is 5. The summed E-state index contributed by atoms with van der Waals surface area (Å²) in [6.07, 6.45) is 0. The molecular weight excluding hydrogens is 362 g/mol. The maximum Gasteiger partial charge on any atom is 0.256 e. The van der Waals surface area contributed by atoms with Crippen LogP contribution in [0, 0.1) is 0 Å². The Bertz CT molecular complexity index is 906. The van der Waals surface area contributed by atoms with Gasteiger partial charge in [0.2, 0.25) is 11.8 Å². The van der Waals surface area contributed by atoms with E-state index in [0.29, 0.717) is 28.4 Å². The van der Waals surface area contributed by atoms with Crippen LogP contribution in [0.5, 0.6) is 11.5 Å². The minimum atomic E-state index is -0.407. The van der Waals surface area contributed by atoms with Crippen molar-refractivity contribution in [2.45, 2.75) is 0 Å². The SMILES string of the molecule is COc1cc(NC(=O)CN2C(=O)CN(C)C(=O)c3ccccc32)cc(OC)c1. The molecule has 1 aliphatic heterocycles. The minimum Gasteiger partial charge on any atom is -0.497 e. The number of benzene rings is 2. The van der Waals surface area contributed by atoms with Crippen LogP contribution in [0.2, 0.25) is 0 Å². The number of hydrogen-bond donors (Lipinski definition) is 1. The molecule has 2 aromatic carbocycles. The smallest absolute Gasteiger partial charge is 0.256 e. The van der Waals surface area contributed by atoms with Crippen LogP contribution in [-0.2, 0) is 9.59 Å². The molecule has 1 N–H and O–H groups in total. The van der Waals surface area contributed by atoms with Crippen molar-refractivity contribution in [3.63, 3.8) is 0 Å². The van der Waals surface area contributed by atoms with E-state index in [-0.39, 0.29) is 24.9 Å². The second kappa shape index (κ2) is 7.99. The van der Waals surface area contributed by atoms with Gasteiger partial charge in [0.1, 0.15) is 24.6 Å². The average molecular weight is 383 g/mol. The number of para-hydroxylation sites is 1. The van der Waals surface area contributed by atoms with Crippen LogP contribution in [0.3, 0.4) is 0 Å². The predicted molar refractivity (Wildman–Crippen MR) is 104 cm³/mol. The molecule has 0 saturated heterocycles. The molecule has 0 unspecified atom stereocenters. The van der Waals surface area contributed by atoms with Gasteiger partial charge in [-0.2, -0.15) is 0 Å². The molecule has 1 heterocycles. The van der Waals surface area contributed by atoms with Gasteiger partial charge in [-0.25, -0.2) is 0 Å². The third-order valence-corrected chi connectivity index (χ3v) is 4.38. The molecule has 0 fully saturated rings. The lowest BCUT2D eigenvalue weighted by Gasteiger charge is -2.22. The number of nitrogens with one attached hydrogen (secondary N) is 1. The molecule has 0 spiro atoms. The van der Waals surface area contributed by atoms with Crippen molar-refractivity contribution in [3.05, 3.63) is 48.0 Å². The van der Waals surface area contributed by atoms with Gasteiger partial charge in [0.15, 0.2) is 0 Å². The third-order valence-electron chi connectivity index (χ3n) is 4.38. The largest absolute Gasteiger partial charge is 0.497 e. The highest BCUT2D eigenvalue weighted by molar-refractivity contribution is 6.12. The lowest BCUT2D eigenvalue weighted by atomic mass is 10.1. The van der Waals surface area contributed by atoms with E-state index in [1.807, 2.05) is 0 Å². The van der Waals surface area contributed by atoms with Crippen LogP contribution < -0.4 is 19.7 Å². The fraction of sp³-hybridized carbons (Fsp3) is 0.250. The van der Waals surface area contributed by atoms with E-state index >= 15 is 0 Å². The Morgan fingerprint density at radius 1 is 1.07 bits per heavy atom. The van der Waals surface area contributed by atoms with Gasteiger partial charge in [0.25, 0.3) is 5.91 Å². The maximum atomic E-state index is 12.6. The van der Waals surface area contributed by atoms with Gasteiger partial charge in [0, 0.05) is 30.9 Å². The molecule has 0 bridgehead atoms. The fourth-order valence-electron chi connectivity index (χ4n) is 2.99. The Morgan fingerprint density at radius 3 is 2.36 bits per heavy atom. The number of carbonyl (C=O) groups is 3. The van der Waals surface area contributed by atoms with E-state index in [0.717, 1.165) is 0 Å². The summed E-state index contributed by atoms with van der Waals surface area (Å²) >= 11 is 0. The predicted octanol–water partition coefficient (Wildman–Crippen LogP) is 1.76. The Labute approximate surface area is 162 Å². The number of ether oxygens (including phenoxy) is 2. The molecule has 146 valence electrons. The number of amides is 3. The summed E-state index contributed by atoms with van der Waals surface area (Å²) in [5.41, 5.74) is 1.27. The number of likely N-dealkylation sites (N-methyl/N-ethyl adjacent to an activating group) is 1. The molecule has 2 aromatic rings. The normalized spacial score (nSPS) is 13.7. The molecule has 28 heavy (non-hydrogen) atoms. The zero-order valence-corrected chi connectivity index (χ0v) is 15.9. The van der Waals surface area contributed by atoms with Gasteiger partial charge in [-0.3, -0.25) is 14.4 Å². The van der Waals surface area contributed by atoms with Crippen LogP contribution in [0.4, 0.5) is 11.4 Å². The molecule has 3 rings (SSSR count). The number of fused-ring (bicyclic) bond motifs is 1. The van der Waals surface area contributed by atoms with Crippen LogP contribution in [0.15, 0.2) is 42.5 Å². The topological polar surface area (TPSA) is 88.2 Å². The molecule has 0 radical (unpaired) electrons. The van der Waals surface area contributed by atoms with Crippen molar-refractivity contribution in [2.75, 3.05) is 44.6 Å². The first-order valence-electron chi connectivity index (χ1n) is 8.60. The minimum absolute atomic E-state index is 0.103. The molecule has 0 aliphatic carbocycles. The van der Waals surface area contributed by atoms with Crippen molar-refractivity contribution >= 4 is 29.1 Å². The molecule has 0 aromatic heterocycles. The summed E-state index contributed by atoms with van der Waals surface area (Å²) in [7, 11) is 4.59. The van der Waals surface area contributed by atoms with Crippen LogP contribution in [0.1, 0.15) is 10.4 Å². The first kappa shape index (κ1) is 19.2. The highest BCUT2D eigenvalue weighted by Crippen LogP contribution is 2.27. The number of anilines is 2. The lowest BCUT2D eigenvalue weighted by Crippen LogP contribution is -2.41. The first-order valence-corrected chi connectivity index (χ1v) is 8.60. The standard InChI is InChI=1S/C20H21N3O5/c1-22-12-19(25)23(17-7-5-4-6-16(17)20(22)26)11-18(24)21-13-8-14(27-2)10-15(9-13)28-3/h4-10H,11-12H2,1-3H3,(H,21,24). The van der Waals surface area contributed by atoms with Crippen molar-refractivity contribution < 1.29 is 23.9 Å². The molecule has 3 amide bonds. The zero-order valence-electron chi connectivity index (χ0n) is 15.9. The fourth-order valence-corrected chi connectivity index (χ4v) is 2.99. The van der Waals surface area contributed by atoms with Gasteiger partial charge in [0.05, 0.1) is 25.5 Å². The third kappa shape index (κ3) is 3.90. The number of methoxy groups -OCH3 is 2. The Balaban J connectivity index is 1.84. The Morgan fingerprint density at radius 2 is 1.71 bits per heavy atom. The Kier molecular flexibility index (Phi) is 5.49. The molecular formula is C20H21N3O5. The quantitative estimate of drug-likeness (QED) is 0.850. The van der Waals surface area contributed by atoms with Gasteiger partial charge in [-0.05, 0) is 12.1 Å². The van der Waals surface area contributed by atoms with Gasteiger partial charge < -0.3 is 24.6 Å². The number of carbonyl (C=O) groups excluding carboxylic acids is 3. The molecule has 8 heteroatoms. The second-order valence-corrected chi connectivity index (χ2v) is 6.31. The average Bonchev–Trinajstić information content (AvgIpc) is 2.78. The van der Waals surface area contributed by atoms with Gasteiger partial charge in [-0.1, -0.05) is 12.1 Å². The van der Waals surface area contributed by atoms with Crippen LogP contribution in [0.25, 0.3) is 0 Å². The van der Waals surface area contributed by atoms with E-state index in [4.69, 9.17) is 9.47 Å². The van der Waals surface area contributed by atoms with Crippen molar-refractivity contribution in [3.8, 4) is 11.5 Å². The second-order valence-electron chi connectivity index (χ2n) is 6.31. The molecule has 1 aliphatic rings. The first-order chi connectivity index (χ1) is 13.4. The lowest BCUT2D eigenvalue weighted by molar-refractivity contribution is -0.121. The van der Waals surface area contributed by atoms with E-state index in [1.165, 1.54) is 24.0 Å². The monoisotopic (exact) mass is 383 g/mol. The van der Waals surface area contributed by atoms with E-state index in [2.05, 4.69) is 5.32 Å². The highest BCUT2D eigenvalue weighted by Gasteiger charge is 2.30. The summed E-state index contributed by atoms with van der Waals surface area (Å²) in [5, 5.41) is 2.74. The molecule has 0 saturated carbocycles. The van der Waals surface area contributed by atoms with E-state index < -0.39 is 5.91 Å². The summed E-state index contributed by atoms with van der Waals surface area (Å²) in [4.78, 5) is 40.4. The van der Waals surface area contributed by atoms with Gasteiger partial charge in [-0.15, -0.1) is 0 Å². The summed E-state index contributed by atoms with van der Waals surface area (Å²) < 4.78 is 10.4. The molecule has 0 atom stereocenters. The summed E-state index contributed by atoms with van der Waals surface area (Å²) in [6.45, 7) is -0.329. The maximum absolute atomic E-state index is 12.6. The van der Waals surface area contributed by atoms with Crippen molar-refractivity contribution in [2.24, 2.45) is 0 Å². The number of nitrogens with zero attached hydrogens (tertiary/aromatic N) is 2. The van der Waals surface area contributed by atoms with Crippen molar-refractivity contribution in [1.82, 2.24) is 4.90 Å². The van der Waals surface area contributed by atoms with Gasteiger partial charge >= 0.3 is 0 Å². The van der Waals surface area contributed by atoms with Crippen LogP contribution in [-0.4, -0.2) is 57.0 Å². The zero-order chi connectivity index (χ0) is 20.3. The van der Waals surface area contributed by atoms with Crippen LogP contribution >= 0.6 is 0 Å².